The molecule has 1 atom stereocenters. The van der Waals surface area contributed by atoms with Crippen molar-refractivity contribution in [3.05, 3.63) is 47.8 Å². The topological polar surface area (TPSA) is 91.7 Å². The fraction of sp³-hybridized carbons (Fsp3) is 0.536. The highest BCUT2D eigenvalue weighted by atomic mass is 32.2. The van der Waals surface area contributed by atoms with Crippen LogP contribution in [0.4, 0.5) is 5.95 Å². The Labute approximate surface area is 231 Å². The van der Waals surface area contributed by atoms with Gasteiger partial charge in [-0.05, 0) is 54.5 Å². The van der Waals surface area contributed by atoms with Gasteiger partial charge in [-0.3, -0.25) is 0 Å². The highest BCUT2D eigenvalue weighted by molar-refractivity contribution is 7.82. The Hall–Kier alpha value is -2.40. The zero-order chi connectivity index (χ0) is 26.3. The van der Waals surface area contributed by atoms with Crippen LogP contribution in [-0.4, -0.2) is 73.2 Å². The first-order valence-electron chi connectivity index (χ1n) is 13.7. The summed E-state index contributed by atoms with van der Waals surface area (Å²) in [5.41, 5.74) is 4.66. The van der Waals surface area contributed by atoms with Gasteiger partial charge >= 0.3 is 0 Å². The molecule has 5 rings (SSSR count). The number of benzene rings is 1. The molecule has 8 nitrogen and oxygen atoms in total. The fourth-order valence-corrected chi connectivity index (χ4v) is 7.13. The Morgan fingerprint density at radius 3 is 2.68 bits per heavy atom. The Morgan fingerprint density at radius 1 is 1.16 bits per heavy atom. The van der Waals surface area contributed by atoms with E-state index in [0.717, 1.165) is 79.5 Å². The maximum absolute atomic E-state index is 12.5. The molecular weight excluding hydrogens is 518 g/mol. The molecule has 38 heavy (non-hydrogen) atoms. The summed E-state index contributed by atoms with van der Waals surface area (Å²) in [5.74, 6) is 1.43. The number of anilines is 1. The Balaban J connectivity index is 1.15. The van der Waals surface area contributed by atoms with E-state index >= 15 is 0 Å². The van der Waals surface area contributed by atoms with Gasteiger partial charge in [0.15, 0.2) is 0 Å². The lowest BCUT2D eigenvalue weighted by Crippen LogP contribution is -2.39. The van der Waals surface area contributed by atoms with Crippen LogP contribution in [0.15, 0.2) is 36.7 Å². The predicted molar refractivity (Wildman–Crippen MR) is 155 cm³/mol. The van der Waals surface area contributed by atoms with Gasteiger partial charge in [0, 0.05) is 63.8 Å². The smallest absolute Gasteiger partial charge is 0.274 e. The quantitative estimate of drug-likeness (QED) is 0.346. The molecule has 1 N–H and O–H groups in total. The predicted octanol–water partition coefficient (Wildman–Crippen LogP) is 4.61. The highest BCUT2D eigenvalue weighted by Gasteiger charge is 2.24. The molecule has 2 aromatic heterocycles. The van der Waals surface area contributed by atoms with Crippen molar-refractivity contribution in [2.45, 2.75) is 58.0 Å². The van der Waals surface area contributed by atoms with Crippen LogP contribution in [-0.2, 0) is 17.4 Å². The van der Waals surface area contributed by atoms with Gasteiger partial charge in [0.1, 0.15) is 6.10 Å². The number of aliphatic hydroxyl groups excluding tert-OH is 1. The average Bonchev–Trinajstić information content (AvgIpc) is 3.36. The summed E-state index contributed by atoms with van der Waals surface area (Å²) in [5, 5.41) is 9.67. The first-order valence-corrected chi connectivity index (χ1v) is 15.8. The number of fused-ring (bicyclic) bond motifs is 1. The van der Waals surface area contributed by atoms with Crippen molar-refractivity contribution >= 4 is 44.1 Å². The lowest BCUT2D eigenvalue weighted by atomic mass is 10.0. The van der Waals surface area contributed by atoms with Gasteiger partial charge in [0.05, 0.1) is 21.2 Å². The van der Waals surface area contributed by atoms with E-state index in [9.17, 15) is 4.21 Å². The molecule has 1 fully saturated rings. The van der Waals surface area contributed by atoms with E-state index in [1.165, 1.54) is 16.7 Å². The monoisotopic (exact) mass is 555 g/mol. The third-order valence-electron chi connectivity index (χ3n) is 7.15. The van der Waals surface area contributed by atoms with Crippen LogP contribution in [0.2, 0.25) is 0 Å². The molecule has 0 amide bonds. The summed E-state index contributed by atoms with van der Waals surface area (Å²) < 4.78 is 21.9. The second-order valence-corrected chi connectivity index (χ2v) is 12.5. The maximum Gasteiger partial charge on any atom is 0.274 e. The number of aliphatic hydroxyl groups is 1. The molecule has 1 unspecified atom stereocenters. The highest BCUT2D eigenvalue weighted by Crippen LogP contribution is 2.33. The molecule has 2 aliphatic heterocycles. The molecule has 0 radical (unpaired) electrons. The Bertz CT molecular complexity index is 1260. The van der Waals surface area contributed by atoms with Gasteiger partial charge in [-0.15, -0.1) is 0 Å². The van der Waals surface area contributed by atoms with E-state index in [-0.39, 0.29) is 12.7 Å². The van der Waals surface area contributed by atoms with Gasteiger partial charge in [0.2, 0.25) is 5.95 Å². The second-order valence-electron chi connectivity index (χ2n) is 9.93. The first-order chi connectivity index (χ1) is 18.6. The van der Waals surface area contributed by atoms with E-state index in [2.05, 4.69) is 46.1 Å². The summed E-state index contributed by atoms with van der Waals surface area (Å²) in [6.45, 7) is 5.58. The molecule has 10 heteroatoms. The SMILES string of the molecule is CCCc1cnc(N2CCC(Oc3nc4ccc(C5=CCN(S(=O)CCCCO)CC5)cc4s3)CC2)nc1. The van der Waals surface area contributed by atoms with Gasteiger partial charge in [-0.2, -0.15) is 0 Å². The van der Waals surface area contributed by atoms with Crippen LogP contribution in [0.5, 0.6) is 5.19 Å². The van der Waals surface area contributed by atoms with E-state index in [0.29, 0.717) is 18.7 Å². The molecule has 2 aliphatic rings. The van der Waals surface area contributed by atoms with Crippen molar-refractivity contribution in [3.8, 4) is 5.19 Å². The second kappa shape index (κ2) is 13.1. The minimum Gasteiger partial charge on any atom is -0.467 e. The van der Waals surface area contributed by atoms with Gasteiger partial charge in [-0.1, -0.05) is 36.8 Å². The van der Waals surface area contributed by atoms with Crippen molar-refractivity contribution in [2.75, 3.05) is 43.4 Å². The minimum atomic E-state index is -0.974. The molecule has 1 saturated heterocycles. The fourth-order valence-electron chi connectivity index (χ4n) is 4.96. The molecule has 204 valence electrons. The number of thiazole rings is 1. The number of aromatic nitrogens is 3. The summed E-state index contributed by atoms with van der Waals surface area (Å²) in [6, 6.07) is 6.42. The summed E-state index contributed by atoms with van der Waals surface area (Å²) in [7, 11) is -0.974. The minimum absolute atomic E-state index is 0.149. The molecule has 4 heterocycles. The summed E-state index contributed by atoms with van der Waals surface area (Å²) >= 11 is 1.61. The number of hydrogen-bond donors (Lipinski definition) is 1. The molecule has 0 saturated carbocycles. The molecule has 0 bridgehead atoms. The van der Waals surface area contributed by atoms with Crippen molar-refractivity contribution in [1.29, 1.82) is 0 Å². The van der Waals surface area contributed by atoms with Crippen molar-refractivity contribution in [3.63, 3.8) is 0 Å². The van der Waals surface area contributed by atoms with Crippen LogP contribution in [0.1, 0.15) is 56.6 Å². The molecule has 0 spiro atoms. The van der Waals surface area contributed by atoms with Crippen LogP contribution in [0.25, 0.3) is 15.8 Å². The van der Waals surface area contributed by atoms with Gasteiger partial charge in [-0.25, -0.2) is 23.5 Å². The van der Waals surface area contributed by atoms with Crippen LogP contribution in [0.3, 0.4) is 0 Å². The maximum atomic E-state index is 12.5. The van der Waals surface area contributed by atoms with Crippen LogP contribution >= 0.6 is 11.3 Å². The summed E-state index contributed by atoms with van der Waals surface area (Å²) in [6.07, 6.45) is 12.6. The molecular formula is C28H37N5O3S2. The van der Waals surface area contributed by atoms with Crippen molar-refractivity contribution in [1.82, 2.24) is 19.3 Å². The lowest BCUT2D eigenvalue weighted by molar-refractivity contribution is 0.170. The van der Waals surface area contributed by atoms with E-state index in [1.54, 1.807) is 11.3 Å². The number of hydrogen-bond acceptors (Lipinski definition) is 8. The largest absolute Gasteiger partial charge is 0.467 e. The van der Waals surface area contributed by atoms with E-state index < -0.39 is 11.0 Å². The van der Waals surface area contributed by atoms with Crippen molar-refractivity contribution < 1.29 is 14.1 Å². The zero-order valence-corrected chi connectivity index (χ0v) is 23.7. The van der Waals surface area contributed by atoms with Gasteiger partial charge < -0.3 is 14.7 Å². The number of piperidine rings is 1. The van der Waals surface area contributed by atoms with Crippen molar-refractivity contribution in [2.24, 2.45) is 0 Å². The Kier molecular flexibility index (Phi) is 9.37. The number of aryl methyl sites for hydroxylation is 1. The third kappa shape index (κ3) is 6.77. The lowest BCUT2D eigenvalue weighted by Gasteiger charge is -2.31. The standard InChI is InChI=1S/C28H37N5O3S2/c1-2-5-21-19-29-27(30-20-21)32-12-10-24(11-13-32)36-28-31-25-7-6-23(18-26(25)37-28)22-8-14-33(15-9-22)38(35)17-4-3-16-34/h6-8,18-20,24,34H,2-5,9-17H2,1H3. The first kappa shape index (κ1) is 27.2. The third-order valence-corrected chi connectivity index (χ3v) is 9.60. The molecule has 0 aliphatic carbocycles. The van der Waals surface area contributed by atoms with Crippen LogP contribution in [0, 0.1) is 0 Å². The molecule has 1 aromatic carbocycles. The van der Waals surface area contributed by atoms with Crippen LogP contribution < -0.4 is 9.64 Å². The average molecular weight is 556 g/mol. The van der Waals surface area contributed by atoms with E-state index in [4.69, 9.17) is 14.8 Å². The zero-order valence-electron chi connectivity index (χ0n) is 22.1. The molecule has 3 aromatic rings. The number of ether oxygens (including phenoxy) is 1. The normalized spacial score (nSPS) is 18.1. The van der Waals surface area contributed by atoms with Gasteiger partial charge in [0.25, 0.3) is 5.19 Å². The number of rotatable bonds is 11. The Morgan fingerprint density at radius 2 is 1.97 bits per heavy atom. The van der Waals surface area contributed by atoms with E-state index in [1.807, 2.05) is 16.7 Å². The number of unbranched alkanes of at least 4 members (excludes halogenated alkanes) is 1. The number of nitrogens with zero attached hydrogens (tertiary/aromatic N) is 5. The summed E-state index contributed by atoms with van der Waals surface area (Å²) in [4.78, 5) is 16.1.